The summed E-state index contributed by atoms with van der Waals surface area (Å²) in [5, 5.41) is 3.42. The van der Waals surface area contributed by atoms with E-state index in [1.807, 2.05) is 6.20 Å². The number of unbranched alkanes of at least 4 members (excludes halogenated alkanes) is 1. The molecule has 120 valence electrons. The highest BCUT2D eigenvalue weighted by atomic mass is 15.2. The molecule has 1 unspecified atom stereocenters. The Morgan fingerprint density at radius 1 is 1.19 bits per heavy atom. The van der Waals surface area contributed by atoms with Gasteiger partial charge in [-0.15, -0.1) is 0 Å². The van der Waals surface area contributed by atoms with Crippen LogP contribution in [0.15, 0.2) is 18.3 Å². The molecule has 0 aliphatic heterocycles. The zero-order valence-corrected chi connectivity index (χ0v) is 14.4. The number of nitrogens with one attached hydrogen (secondary N) is 1. The summed E-state index contributed by atoms with van der Waals surface area (Å²) in [6, 6.07) is 5.02. The normalized spacial score (nSPS) is 12.8. The van der Waals surface area contributed by atoms with Gasteiger partial charge in [0.15, 0.2) is 0 Å². The average Bonchev–Trinajstić information content (AvgIpc) is 2.52. The molecule has 0 saturated carbocycles. The van der Waals surface area contributed by atoms with Crippen LogP contribution in [0.2, 0.25) is 0 Å². The Labute approximate surface area is 131 Å². The summed E-state index contributed by atoms with van der Waals surface area (Å²) in [6.45, 7) is 13.2. The molecular weight excluding hydrogens is 258 g/mol. The zero-order chi connectivity index (χ0) is 15.5. The van der Waals surface area contributed by atoms with Gasteiger partial charge in [-0.25, -0.2) is 0 Å². The number of pyridine rings is 1. The van der Waals surface area contributed by atoms with E-state index in [0.717, 1.165) is 19.6 Å². The van der Waals surface area contributed by atoms with Gasteiger partial charge in [-0.2, -0.15) is 0 Å². The largest absolute Gasteiger partial charge is 0.313 e. The van der Waals surface area contributed by atoms with Crippen molar-refractivity contribution in [3.05, 3.63) is 29.6 Å². The van der Waals surface area contributed by atoms with Crippen molar-refractivity contribution in [1.29, 1.82) is 0 Å². The fourth-order valence-electron chi connectivity index (χ4n) is 2.35. The summed E-state index contributed by atoms with van der Waals surface area (Å²) in [7, 11) is 0. The maximum absolute atomic E-state index is 4.64. The first-order valence-corrected chi connectivity index (χ1v) is 8.59. The molecule has 0 spiro atoms. The quantitative estimate of drug-likeness (QED) is 0.625. The molecule has 0 fully saturated rings. The van der Waals surface area contributed by atoms with E-state index in [1.54, 1.807) is 0 Å². The lowest BCUT2D eigenvalue weighted by atomic mass is 10.1. The van der Waals surface area contributed by atoms with Gasteiger partial charge in [0.05, 0.1) is 5.69 Å². The highest BCUT2D eigenvalue weighted by molar-refractivity contribution is 5.14. The van der Waals surface area contributed by atoms with Gasteiger partial charge >= 0.3 is 0 Å². The first-order chi connectivity index (χ1) is 10.2. The highest BCUT2D eigenvalue weighted by Gasteiger charge is 2.12. The van der Waals surface area contributed by atoms with Crippen LogP contribution in [0.4, 0.5) is 0 Å². The topological polar surface area (TPSA) is 28.2 Å². The van der Waals surface area contributed by atoms with Crippen LogP contribution in [0.25, 0.3) is 0 Å². The molecule has 3 heteroatoms. The van der Waals surface area contributed by atoms with Crippen molar-refractivity contribution in [2.45, 2.75) is 72.5 Å². The highest BCUT2D eigenvalue weighted by Crippen LogP contribution is 2.11. The van der Waals surface area contributed by atoms with Crippen molar-refractivity contribution < 1.29 is 0 Å². The molecule has 1 aromatic heterocycles. The Bertz CT molecular complexity index is 361. The molecule has 0 radical (unpaired) electrons. The van der Waals surface area contributed by atoms with Crippen LogP contribution in [-0.4, -0.2) is 29.0 Å². The molecule has 0 aromatic carbocycles. The van der Waals surface area contributed by atoms with E-state index < -0.39 is 0 Å². The van der Waals surface area contributed by atoms with E-state index in [0.29, 0.717) is 6.04 Å². The van der Waals surface area contributed by atoms with E-state index in [1.165, 1.54) is 43.5 Å². The minimum atomic E-state index is 0.629. The lowest BCUT2D eigenvalue weighted by molar-refractivity contribution is 0.190. The Morgan fingerprint density at radius 3 is 2.57 bits per heavy atom. The summed E-state index contributed by atoms with van der Waals surface area (Å²) in [4.78, 5) is 7.20. The summed E-state index contributed by atoms with van der Waals surface area (Å²) < 4.78 is 0. The fourth-order valence-corrected chi connectivity index (χ4v) is 2.35. The number of rotatable bonds is 11. The zero-order valence-electron chi connectivity index (χ0n) is 14.4. The van der Waals surface area contributed by atoms with Crippen LogP contribution in [0.3, 0.4) is 0 Å². The first-order valence-electron chi connectivity index (χ1n) is 8.59. The van der Waals surface area contributed by atoms with Gasteiger partial charge in [0.2, 0.25) is 0 Å². The summed E-state index contributed by atoms with van der Waals surface area (Å²) in [5.74, 6) is 0. The van der Waals surface area contributed by atoms with Gasteiger partial charge in [-0.05, 0) is 50.9 Å². The molecule has 0 aliphatic carbocycles. The summed E-state index contributed by atoms with van der Waals surface area (Å²) >= 11 is 0. The molecule has 1 rings (SSSR count). The molecule has 1 atom stereocenters. The van der Waals surface area contributed by atoms with E-state index >= 15 is 0 Å². The molecular formula is C18H33N3. The number of hydrogen-bond acceptors (Lipinski definition) is 3. The maximum atomic E-state index is 4.64. The third kappa shape index (κ3) is 7.05. The number of hydrogen-bond donors (Lipinski definition) is 1. The molecule has 1 heterocycles. The van der Waals surface area contributed by atoms with Gasteiger partial charge in [0.1, 0.15) is 0 Å². The van der Waals surface area contributed by atoms with Crippen molar-refractivity contribution in [3.8, 4) is 0 Å². The molecule has 3 nitrogen and oxygen atoms in total. The SMILES string of the molecule is CCCCN(Cc1ccc(CNCCC)cn1)C(C)CC. The van der Waals surface area contributed by atoms with Gasteiger partial charge in [0.25, 0.3) is 0 Å². The van der Waals surface area contributed by atoms with E-state index in [9.17, 15) is 0 Å². The van der Waals surface area contributed by atoms with Crippen LogP contribution in [0.5, 0.6) is 0 Å². The van der Waals surface area contributed by atoms with E-state index in [2.05, 4.69) is 55.0 Å². The van der Waals surface area contributed by atoms with Gasteiger partial charge in [-0.3, -0.25) is 9.88 Å². The van der Waals surface area contributed by atoms with Crippen LogP contribution in [0.1, 0.15) is 64.6 Å². The van der Waals surface area contributed by atoms with Crippen LogP contribution >= 0.6 is 0 Å². The Balaban J connectivity index is 2.54. The third-order valence-electron chi connectivity index (χ3n) is 4.02. The molecule has 1 aromatic rings. The minimum absolute atomic E-state index is 0.629. The van der Waals surface area contributed by atoms with Crippen molar-refractivity contribution in [2.75, 3.05) is 13.1 Å². The van der Waals surface area contributed by atoms with Crippen LogP contribution < -0.4 is 5.32 Å². The predicted octanol–water partition coefficient (Wildman–Crippen LogP) is 3.98. The van der Waals surface area contributed by atoms with Crippen LogP contribution in [0, 0.1) is 0 Å². The molecule has 0 saturated heterocycles. The van der Waals surface area contributed by atoms with Crippen molar-refractivity contribution >= 4 is 0 Å². The lowest BCUT2D eigenvalue weighted by Crippen LogP contribution is -2.33. The van der Waals surface area contributed by atoms with E-state index in [4.69, 9.17) is 0 Å². The monoisotopic (exact) mass is 291 g/mol. The predicted molar refractivity (Wildman–Crippen MR) is 91.3 cm³/mol. The Kier molecular flexibility index (Phi) is 9.27. The number of aromatic nitrogens is 1. The third-order valence-corrected chi connectivity index (χ3v) is 4.02. The maximum Gasteiger partial charge on any atom is 0.0544 e. The summed E-state index contributed by atoms with van der Waals surface area (Å²) in [5.41, 5.74) is 2.46. The smallest absolute Gasteiger partial charge is 0.0544 e. The fraction of sp³-hybridized carbons (Fsp3) is 0.722. The van der Waals surface area contributed by atoms with Crippen molar-refractivity contribution in [1.82, 2.24) is 15.2 Å². The van der Waals surface area contributed by atoms with Crippen molar-refractivity contribution in [2.24, 2.45) is 0 Å². The molecule has 0 aliphatic rings. The number of nitrogens with zero attached hydrogens (tertiary/aromatic N) is 2. The minimum Gasteiger partial charge on any atom is -0.313 e. The second-order valence-electron chi connectivity index (χ2n) is 5.92. The van der Waals surface area contributed by atoms with Gasteiger partial charge < -0.3 is 5.32 Å². The van der Waals surface area contributed by atoms with Gasteiger partial charge in [0, 0.05) is 25.3 Å². The molecule has 0 bridgehead atoms. The Morgan fingerprint density at radius 2 is 2.00 bits per heavy atom. The molecule has 1 N–H and O–H groups in total. The first kappa shape index (κ1) is 18.1. The second kappa shape index (κ2) is 10.7. The second-order valence-corrected chi connectivity index (χ2v) is 5.92. The summed E-state index contributed by atoms with van der Waals surface area (Å²) in [6.07, 6.45) is 6.91. The van der Waals surface area contributed by atoms with Gasteiger partial charge in [-0.1, -0.05) is 33.3 Å². The lowest BCUT2D eigenvalue weighted by Gasteiger charge is -2.28. The van der Waals surface area contributed by atoms with Crippen LogP contribution in [-0.2, 0) is 13.1 Å². The van der Waals surface area contributed by atoms with Crippen molar-refractivity contribution in [3.63, 3.8) is 0 Å². The average molecular weight is 291 g/mol. The Hall–Kier alpha value is -0.930. The molecule has 21 heavy (non-hydrogen) atoms. The van der Waals surface area contributed by atoms with E-state index in [-0.39, 0.29) is 0 Å². The molecule has 0 amide bonds. The standard InChI is InChI=1S/C18H33N3/c1-5-8-12-21(16(4)7-3)15-18-10-9-17(14-20-18)13-19-11-6-2/h9-10,14,16,19H,5-8,11-13,15H2,1-4H3.